The molecule has 19 heteroatoms. The third-order valence-corrected chi connectivity index (χ3v) is 11.5. The number of thiazole rings is 1. The molecule has 0 radical (unpaired) electrons. The van der Waals surface area contributed by atoms with Gasteiger partial charge in [0.2, 0.25) is 17.7 Å². The SMILES string of the molecule is CC(=O)NCCCCC(NCC(CCCCN(C)C)NC(=O)C(CCC(=O)O)NC(=O)OCC1=CCCC=C1)C(=O)Nc1ccc2nc(CSCC(N)C(=O)O)sc2c1. The molecule has 0 aliphatic heterocycles. The molecule has 1 heterocycles. The van der Waals surface area contributed by atoms with Crippen molar-refractivity contribution in [1.82, 2.24) is 31.2 Å². The zero-order valence-corrected chi connectivity index (χ0v) is 35.8. The number of amides is 4. The number of thioether (sulfide) groups is 1. The maximum Gasteiger partial charge on any atom is 0.408 e. The Labute approximate surface area is 353 Å². The van der Waals surface area contributed by atoms with E-state index in [-0.39, 0.29) is 43.6 Å². The molecule has 0 fully saturated rings. The van der Waals surface area contributed by atoms with Crippen LogP contribution in [0.2, 0.25) is 0 Å². The fourth-order valence-electron chi connectivity index (χ4n) is 6.02. The van der Waals surface area contributed by atoms with E-state index in [1.807, 2.05) is 44.5 Å². The summed E-state index contributed by atoms with van der Waals surface area (Å²) in [5, 5.41) is 33.9. The lowest BCUT2D eigenvalue weighted by molar-refractivity contribution is -0.138. The Hall–Kier alpha value is -4.56. The number of anilines is 1. The highest BCUT2D eigenvalue weighted by molar-refractivity contribution is 7.98. The lowest BCUT2D eigenvalue weighted by Gasteiger charge is -2.26. The van der Waals surface area contributed by atoms with E-state index in [0.717, 1.165) is 53.0 Å². The topological polar surface area (TPSA) is 254 Å². The molecule has 3 rings (SSSR count). The number of carbonyl (C=O) groups is 6. The Balaban J connectivity index is 1.73. The molecule has 1 aliphatic carbocycles. The Kier molecular flexibility index (Phi) is 21.9. The largest absolute Gasteiger partial charge is 0.481 e. The van der Waals surface area contributed by atoms with E-state index in [2.05, 4.69) is 36.5 Å². The van der Waals surface area contributed by atoms with Crippen LogP contribution in [0.15, 0.2) is 42.0 Å². The lowest BCUT2D eigenvalue weighted by Crippen LogP contribution is -2.53. The van der Waals surface area contributed by atoms with Crippen LogP contribution in [-0.4, -0.2) is 126 Å². The number of allylic oxidation sites excluding steroid dienone is 2. The summed E-state index contributed by atoms with van der Waals surface area (Å²) in [5.41, 5.74) is 7.76. The van der Waals surface area contributed by atoms with Gasteiger partial charge in [0.15, 0.2) is 0 Å². The first-order chi connectivity index (χ1) is 28.2. The number of carbonyl (C=O) groups excluding carboxylic acids is 4. The molecule has 4 unspecified atom stereocenters. The summed E-state index contributed by atoms with van der Waals surface area (Å²) in [7, 11) is 3.95. The van der Waals surface area contributed by atoms with Gasteiger partial charge in [0.05, 0.1) is 16.3 Å². The van der Waals surface area contributed by atoms with Crippen LogP contribution < -0.4 is 32.3 Å². The van der Waals surface area contributed by atoms with E-state index < -0.39 is 48.1 Å². The maximum absolute atomic E-state index is 13.9. The first-order valence-corrected chi connectivity index (χ1v) is 21.9. The molecule has 0 bridgehead atoms. The molecule has 0 spiro atoms. The number of aromatic nitrogens is 1. The average molecular weight is 861 g/mol. The van der Waals surface area contributed by atoms with Gasteiger partial charge in [-0.3, -0.25) is 24.0 Å². The molecule has 1 aromatic heterocycles. The number of carboxylic acid groups (broad SMARTS) is 2. The minimum absolute atomic E-state index is 0.0202. The van der Waals surface area contributed by atoms with Gasteiger partial charge < -0.3 is 52.2 Å². The van der Waals surface area contributed by atoms with Gasteiger partial charge in [-0.05, 0) is 95.8 Å². The summed E-state index contributed by atoms with van der Waals surface area (Å²) in [5.74, 6) is -2.42. The van der Waals surface area contributed by atoms with Crippen LogP contribution in [0, 0.1) is 0 Å². The van der Waals surface area contributed by atoms with Crippen molar-refractivity contribution in [3.8, 4) is 0 Å². The fourth-order valence-corrected chi connectivity index (χ4v) is 8.07. The van der Waals surface area contributed by atoms with Crippen LogP contribution in [0.3, 0.4) is 0 Å². The number of ether oxygens (including phenoxy) is 1. The fraction of sp³-hybridized carbons (Fsp3) is 0.575. The van der Waals surface area contributed by atoms with E-state index >= 15 is 0 Å². The van der Waals surface area contributed by atoms with E-state index in [4.69, 9.17) is 15.6 Å². The summed E-state index contributed by atoms with van der Waals surface area (Å²) in [6, 6.07) is 2.11. The lowest BCUT2D eigenvalue weighted by atomic mass is 10.0. The second-order valence-corrected chi connectivity index (χ2v) is 16.8. The van der Waals surface area contributed by atoms with Gasteiger partial charge in [-0.2, -0.15) is 11.8 Å². The predicted molar refractivity (Wildman–Crippen MR) is 230 cm³/mol. The zero-order valence-electron chi connectivity index (χ0n) is 34.1. The van der Waals surface area contributed by atoms with Crippen molar-refractivity contribution >= 4 is 74.8 Å². The molecule has 1 aromatic carbocycles. The minimum atomic E-state index is -1.17. The standard InChI is InChI=1S/C40H60N8O9S2/c1-26(49)42-19-9-7-14-32(37(52)44-28-15-16-31-34(21-28)59-35(46-31)25-58-24-30(41)39(54)55)43-22-29(13-8-10-20-48(2)3)45-38(53)33(17-18-36(50)51)47-40(56)57-23-27-11-5-4-6-12-27/h5,11-12,15-16,21,29-30,32-33,43H,4,6-10,13-14,17-20,22-25,41H2,1-3H3,(H,42,49)(H,44,52)(H,45,53)(H,47,56)(H,50,51)(H,54,55). The van der Waals surface area contributed by atoms with E-state index in [1.165, 1.54) is 30.0 Å². The number of aliphatic carboxylic acids is 2. The average Bonchev–Trinajstić information content (AvgIpc) is 3.60. The van der Waals surface area contributed by atoms with Gasteiger partial charge in [0.1, 0.15) is 23.7 Å². The number of hydrogen-bond acceptors (Lipinski definition) is 13. The Morgan fingerprint density at radius 3 is 2.46 bits per heavy atom. The molecule has 17 nitrogen and oxygen atoms in total. The van der Waals surface area contributed by atoms with Gasteiger partial charge in [-0.15, -0.1) is 11.3 Å². The first-order valence-electron chi connectivity index (χ1n) is 19.9. The smallest absolute Gasteiger partial charge is 0.408 e. The number of nitrogens with two attached hydrogens (primary N) is 1. The van der Waals surface area contributed by atoms with Gasteiger partial charge in [0.25, 0.3) is 0 Å². The van der Waals surface area contributed by atoms with Gasteiger partial charge >= 0.3 is 18.0 Å². The Morgan fingerprint density at radius 1 is 0.983 bits per heavy atom. The number of alkyl carbamates (subject to hydrolysis) is 1. The second kappa shape index (κ2) is 26.5. The third-order valence-electron chi connectivity index (χ3n) is 9.21. The number of rotatable bonds is 28. The van der Waals surface area contributed by atoms with E-state index in [1.54, 1.807) is 6.07 Å². The molecule has 1 aliphatic rings. The van der Waals surface area contributed by atoms with Crippen molar-refractivity contribution < 1.29 is 43.7 Å². The predicted octanol–water partition coefficient (Wildman–Crippen LogP) is 3.60. The summed E-state index contributed by atoms with van der Waals surface area (Å²) >= 11 is 2.83. The molecular weight excluding hydrogens is 801 g/mol. The van der Waals surface area contributed by atoms with Crippen molar-refractivity contribution in [3.05, 3.63) is 47.0 Å². The number of fused-ring (bicyclic) bond motifs is 1. The van der Waals surface area contributed by atoms with Gasteiger partial charge in [0, 0.05) is 49.7 Å². The molecule has 9 N–H and O–H groups in total. The molecule has 4 amide bonds. The Morgan fingerprint density at radius 2 is 1.76 bits per heavy atom. The third kappa shape index (κ3) is 19.8. The molecule has 59 heavy (non-hydrogen) atoms. The zero-order chi connectivity index (χ0) is 43.2. The van der Waals surface area contributed by atoms with Gasteiger partial charge in [-0.25, -0.2) is 9.78 Å². The molecule has 0 saturated carbocycles. The van der Waals surface area contributed by atoms with E-state index in [9.17, 15) is 33.9 Å². The van der Waals surface area contributed by atoms with Gasteiger partial charge in [-0.1, -0.05) is 24.6 Å². The second-order valence-electron chi connectivity index (χ2n) is 14.6. The Bertz CT molecular complexity index is 1770. The van der Waals surface area contributed by atoms with Crippen LogP contribution in [0.1, 0.15) is 76.1 Å². The van der Waals surface area contributed by atoms with Crippen molar-refractivity contribution in [2.75, 3.05) is 51.4 Å². The molecule has 2 aromatic rings. The molecule has 4 atom stereocenters. The van der Waals surface area contributed by atoms with Crippen molar-refractivity contribution in [2.45, 2.75) is 101 Å². The highest BCUT2D eigenvalue weighted by Gasteiger charge is 2.27. The summed E-state index contributed by atoms with van der Waals surface area (Å²) < 4.78 is 6.19. The van der Waals surface area contributed by atoms with Crippen LogP contribution in [0.25, 0.3) is 10.2 Å². The molecule has 326 valence electrons. The van der Waals surface area contributed by atoms with Crippen LogP contribution in [-0.2, 0) is 34.5 Å². The number of carboxylic acids is 2. The highest BCUT2D eigenvalue weighted by Crippen LogP contribution is 2.28. The normalized spacial score (nSPS) is 14.5. The van der Waals surface area contributed by atoms with Crippen molar-refractivity contribution in [1.29, 1.82) is 0 Å². The maximum atomic E-state index is 13.9. The molecular formula is C40H60N8O9S2. The monoisotopic (exact) mass is 860 g/mol. The number of nitrogens with one attached hydrogen (secondary N) is 5. The van der Waals surface area contributed by atoms with Crippen molar-refractivity contribution in [2.24, 2.45) is 5.73 Å². The summed E-state index contributed by atoms with van der Waals surface area (Å²) in [6.45, 7) is 2.96. The minimum Gasteiger partial charge on any atom is -0.481 e. The van der Waals surface area contributed by atoms with Crippen molar-refractivity contribution in [3.63, 3.8) is 0 Å². The van der Waals surface area contributed by atoms with Crippen LogP contribution in [0.4, 0.5) is 10.5 Å². The quantitative estimate of drug-likeness (QED) is 0.0570. The number of hydrogen-bond donors (Lipinski definition) is 8. The highest BCUT2D eigenvalue weighted by atomic mass is 32.2. The number of unbranched alkanes of at least 4 members (excludes halogenated alkanes) is 2. The molecule has 0 saturated heterocycles. The number of nitrogens with zero attached hydrogens (tertiary/aromatic N) is 2. The van der Waals surface area contributed by atoms with Crippen LogP contribution in [0.5, 0.6) is 0 Å². The summed E-state index contributed by atoms with van der Waals surface area (Å²) in [6.07, 6.45) is 10.0. The van der Waals surface area contributed by atoms with E-state index in [0.29, 0.717) is 43.7 Å². The first kappa shape index (κ1) is 48.8. The number of benzene rings is 1. The van der Waals surface area contributed by atoms with Crippen LogP contribution >= 0.6 is 23.1 Å². The summed E-state index contributed by atoms with van der Waals surface area (Å²) in [4.78, 5) is 81.0.